The van der Waals surface area contributed by atoms with Crippen molar-refractivity contribution in [3.05, 3.63) is 60.2 Å². The van der Waals surface area contributed by atoms with Gasteiger partial charge in [-0.15, -0.1) is 0 Å². The van der Waals surface area contributed by atoms with Gasteiger partial charge >= 0.3 is 5.97 Å². The van der Waals surface area contributed by atoms with E-state index in [2.05, 4.69) is 10.6 Å². The number of hydrogen-bond acceptors (Lipinski definition) is 4. The molecule has 0 aliphatic carbocycles. The third kappa shape index (κ3) is 5.64. The van der Waals surface area contributed by atoms with Gasteiger partial charge in [0.05, 0.1) is 11.3 Å². The number of ether oxygens (including phenoxy) is 1. The molecule has 0 atom stereocenters. The van der Waals surface area contributed by atoms with Gasteiger partial charge in [0.2, 0.25) is 0 Å². The second-order valence-corrected chi connectivity index (χ2v) is 5.69. The SMILES string of the molecule is CCC(CC)NC(=O)COC(=O)c1ccccc1Nc1ccccc1. The summed E-state index contributed by atoms with van der Waals surface area (Å²) in [5.74, 6) is -0.811. The molecule has 0 spiro atoms. The highest BCUT2D eigenvalue weighted by Crippen LogP contribution is 2.21. The lowest BCUT2D eigenvalue weighted by atomic mass is 10.1. The molecule has 0 aromatic heterocycles. The molecule has 0 aliphatic rings. The van der Waals surface area contributed by atoms with Crippen molar-refractivity contribution in [3.8, 4) is 0 Å². The van der Waals surface area contributed by atoms with Crippen molar-refractivity contribution in [2.45, 2.75) is 32.7 Å². The van der Waals surface area contributed by atoms with E-state index in [1.807, 2.05) is 50.2 Å². The monoisotopic (exact) mass is 340 g/mol. The average molecular weight is 340 g/mol. The Kier molecular flexibility index (Phi) is 7.01. The first kappa shape index (κ1) is 18.5. The first-order chi connectivity index (χ1) is 12.1. The summed E-state index contributed by atoms with van der Waals surface area (Å²) in [7, 11) is 0. The molecule has 25 heavy (non-hydrogen) atoms. The second kappa shape index (κ2) is 9.47. The minimum Gasteiger partial charge on any atom is -0.452 e. The second-order valence-electron chi connectivity index (χ2n) is 5.69. The van der Waals surface area contributed by atoms with Gasteiger partial charge in [-0.1, -0.05) is 44.2 Å². The van der Waals surface area contributed by atoms with E-state index >= 15 is 0 Å². The van der Waals surface area contributed by atoms with Crippen molar-refractivity contribution < 1.29 is 14.3 Å². The van der Waals surface area contributed by atoms with Crippen LogP contribution in [0, 0.1) is 0 Å². The van der Waals surface area contributed by atoms with Crippen LogP contribution in [0.3, 0.4) is 0 Å². The zero-order valence-corrected chi connectivity index (χ0v) is 14.6. The molecule has 0 fully saturated rings. The normalized spacial score (nSPS) is 10.4. The van der Waals surface area contributed by atoms with E-state index in [-0.39, 0.29) is 18.6 Å². The Morgan fingerprint density at radius 3 is 2.28 bits per heavy atom. The molecule has 2 rings (SSSR count). The fourth-order valence-corrected chi connectivity index (χ4v) is 2.42. The Labute approximate surface area is 148 Å². The van der Waals surface area contributed by atoms with Gasteiger partial charge in [-0.25, -0.2) is 4.79 Å². The van der Waals surface area contributed by atoms with Crippen LogP contribution in [0.4, 0.5) is 11.4 Å². The van der Waals surface area contributed by atoms with Crippen LogP contribution in [0.15, 0.2) is 54.6 Å². The first-order valence-corrected chi connectivity index (χ1v) is 8.51. The fourth-order valence-electron chi connectivity index (χ4n) is 2.42. The third-order valence-electron chi connectivity index (χ3n) is 3.88. The van der Waals surface area contributed by atoms with Crippen LogP contribution < -0.4 is 10.6 Å². The Bertz CT molecular complexity index is 697. The number of hydrogen-bond donors (Lipinski definition) is 2. The van der Waals surface area contributed by atoms with E-state index in [1.165, 1.54) is 0 Å². The molecule has 0 aliphatic heterocycles. The molecule has 2 aromatic carbocycles. The molecule has 0 radical (unpaired) electrons. The molecule has 5 heteroatoms. The third-order valence-corrected chi connectivity index (χ3v) is 3.88. The lowest BCUT2D eigenvalue weighted by Crippen LogP contribution is -2.36. The number of benzene rings is 2. The number of carbonyl (C=O) groups is 2. The summed E-state index contributed by atoms with van der Waals surface area (Å²) in [5.41, 5.74) is 1.90. The Hall–Kier alpha value is -2.82. The maximum Gasteiger partial charge on any atom is 0.340 e. The molecule has 132 valence electrons. The van der Waals surface area contributed by atoms with Crippen molar-refractivity contribution in [1.82, 2.24) is 5.32 Å². The van der Waals surface area contributed by atoms with Crippen molar-refractivity contribution in [2.75, 3.05) is 11.9 Å². The standard InChI is InChI=1S/C20H24N2O3/c1-3-15(4-2)22-19(23)14-25-20(24)17-12-8-9-13-18(17)21-16-10-6-5-7-11-16/h5-13,15,21H,3-4,14H2,1-2H3,(H,22,23). The summed E-state index contributed by atoms with van der Waals surface area (Å²) < 4.78 is 5.17. The molecule has 0 heterocycles. The number of rotatable bonds is 8. The topological polar surface area (TPSA) is 67.4 Å². The number of anilines is 2. The largest absolute Gasteiger partial charge is 0.452 e. The van der Waals surface area contributed by atoms with Crippen molar-refractivity contribution >= 4 is 23.3 Å². The van der Waals surface area contributed by atoms with Crippen molar-refractivity contribution in [1.29, 1.82) is 0 Å². The van der Waals surface area contributed by atoms with Crippen LogP contribution in [0.25, 0.3) is 0 Å². The average Bonchev–Trinajstić information content (AvgIpc) is 2.65. The maximum atomic E-state index is 12.3. The highest BCUT2D eigenvalue weighted by Gasteiger charge is 2.15. The van der Waals surface area contributed by atoms with Gasteiger partial charge in [-0.05, 0) is 37.1 Å². The van der Waals surface area contributed by atoms with E-state index in [0.717, 1.165) is 18.5 Å². The fraction of sp³-hybridized carbons (Fsp3) is 0.300. The van der Waals surface area contributed by atoms with Gasteiger partial charge in [-0.2, -0.15) is 0 Å². The summed E-state index contributed by atoms with van der Waals surface area (Å²) in [6.07, 6.45) is 1.69. The minimum absolute atomic E-state index is 0.109. The van der Waals surface area contributed by atoms with Gasteiger partial charge in [0, 0.05) is 11.7 Å². The van der Waals surface area contributed by atoms with E-state index in [1.54, 1.807) is 18.2 Å². The van der Waals surface area contributed by atoms with Gasteiger partial charge in [0.1, 0.15) is 0 Å². The predicted molar refractivity (Wildman–Crippen MR) is 99.0 cm³/mol. The molecular weight excluding hydrogens is 316 g/mol. The molecule has 1 amide bonds. The van der Waals surface area contributed by atoms with Gasteiger partial charge in [-0.3, -0.25) is 4.79 Å². The molecule has 5 nitrogen and oxygen atoms in total. The van der Waals surface area contributed by atoms with Crippen LogP contribution in [-0.2, 0) is 9.53 Å². The molecule has 2 N–H and O–H groups in total. The quantitative estimate of drug-likeness (QED) is 0.715. The lowest BCUT2D eigenvalue weighted by molar-refractivity contribution is -0.125. The van der Waals surface area contributed by atoms with Gasteiger partial charge in [0.25, 0.3) is 5.91 Å². The summed E-state index contributed by atoms with van der Waals surface area (Å²) in [6.45, 7) is 3.73. The van der Waals surface area contributed by atoms with E-state index in [0.29, 0.717) is 11.3 Å². The van der Waals surface area contributed by atoms with Crippen molar-refractivity contribution in [2.24, 2.45) is 0 Å². The van der Waals surface area contributed by atoms with Crippen LogP contribution in [0.2, 0.25) is 0 Å². The maximum absolute atomic E-state index is 12.3. The molecule has 0 saturated carbocycles. The van der Waals surface area contributed by atoms with Gasteiger partial charge in [0.15, 0.2) is 6.61 Å². The van der Waals surface area contributed by atoms with Crippen LogP contribution in [0.5, 0.6) is 0 Å². The van der Waals surface area contributed by atoms with Crippen LogP contribution >= 0.6 is 0 Å². The predicted octanol–water partition coefficient (Wildman–Crippen LogP) is 3.89. The number of nitrogens with one attached hydrogen (secondary N) is 2. The summed E-state index contributed by atoms with van der Waals surface area (Å²) >= 11 is 0. The smallest absolute Gasteiger partial charge is 0.340 e. The van der Waals surface area contributed by atoms with Gasteiger partial charge < -0.3 is 15.4 Å². The van der Waals surface area contributed by atoms with E-state index in [4.69, 9.17) is 4.74 Å². The first-order valence-electron chi connectivity index (χ1n) is 8.51. The number of carbonyl (C=O) groups excluding carboxylic acids is 2. The zero-order chi connectivity index (χ0) is 18.1. The van der Waals surface area contributed by atoms with Crippen LogP contribution in [-0.4, -0.2) is 24.5 Å². The molecule has 0 saturated heterocycles. The molecular formula is C20H24N2O3. The Morgan fingerprint density at radius 1 is 0.960 bits per heavy atom. The highest BCUT2D eigenvalue weighted by molar-refractivity contribution is 5.97. The molecule has 0 bridgehead atoms. The molecule has 2 aromatic rings. The van der Waals surface area contributed by atoms with Crippen molar-refractivity contribution in [3.63, 3.8) is 0 Å². The Morgan fingerprint density at radius 2 is 1.60 bits per heavy atom. The summed E-state index contributed by atoms with van der Waals surface area (Å²) in [4.78, 5) is 24.2. The number of amides is 1. The molecule has 0 unspecified atom stereocenters. The summed E-state index contributed by atoms with van der Waals surface area (Å²) in [6, 6.07) is 16.7. The van der Waals surface area contributed by atoms with E-state index < -0.39 is 5.97 Å². The zero-order valence-electron chi connectivity index (χ0n) is 14.6. The van der Waals surface area contributed by atoms with Crippen LogP contribution in [0.1, 0.15) is 37.0 Å². The minimum atomic E-state index is -0.529. The Balaban J connectivity index is 1.99. The number of esters is 1. The number of para-hydroxylation sites is 2. The summed E-state index contributed by atoms with van der Waals surface area (Å²) in [5, 5.41) is 6.04. The highest BCUT2D eigenvalue weighted by atomic mass is 16.5. The van der Waals surface area contributed by atoms with E-state index in [9.17, 15) is 9.59 Å². The lowest BCUT2D eigenvalue weighted by Gasteiger charge is -2.15.